The predicted octanol–water partition coefficient (Wildman–Crippen LogP) is 1.55. The van der Waals surface area contributed by atoms with Crippen LogP contribution in [0.5, 0.6) is 0 Å². The largest absolute Gasteiger partial charge is 0.311 e. The number of aromatic nitrogens is 3. The van der Waals surface area contributed by atoms with Crippen molar-refractivity contribution in [2.45, 2.75) is 19.5 Å². The summed E-state index contributed by atoms with van der Waals surface area (Å²) in [5.74, 6) is 0. The zero-order valence-corrected chi connectivity index (χ0v) is 9.59. The number of hydrogen-bond acceptors (Lipinski definition) is 3. The maximum Gasteiger partial charge on any atom is 0.137 e. The van der Waals surface area contributed by atoms with Crippen LogP contribution in [0.15, 0.2) is 36.9 Å². The molecule has 0 fully saturated rings. The number of benzene rings is 1. The van der Waals surface area contributed by atoms with Gasteiger partial charge in [-0.3, -0.25) is 4.68 Å². The van der Waals surface area contributed by atoms with Gasteiger partial charge in [0.15, 0.2) is 0 Å². The van der Waals surface area contributed by atoms with E-state index in [0.29, 0.717) is 0 Å². The number of nitrogens with one attached hydrogen (secondary N) is 1. The van der Waals surface area contributed by atoms with Crippen LogP contribution in [0.25, 0.3) is 0 Å². The molecule has 1 aromatic carbocycles. The highest BCUT2D eigenvalue weighted by Gasteiger charge is 2.09. The highest BCUT2D eigenvalue weighted by molar-refractivity contribution is 5.24. The molecule has 0 radical (unpaired) electrons. The van der Waals surface area contributed by atoms with Gasteiger partial charge in [-0.25, -0.2) is 4.98 Å². The first-order valence-electron chi connectivity index (χ1n) is 5.36. The molecule has 0 bridgehead atoms. The third-order valence-electron chi connectivity index (χ3n) is 2.63. The second-order valence-electron chi connectivity index (χ2n) is 3.87. The molecule has 1 atom stereocenters. The fraction of sp³-hybridized carbons (Fsp3) is 0.333. The van der Waals surface area contributed by atoms with Crippen molar-refractivity contribution in [1.29, 1.82) is 0 Å². The van der Waals surface area contributed by atoms with Gasteiger partial charge in [0.1, 0.15) is 12.7 Å². The molecule has 0 saturated carbocycles. The van der Waals surface area contributed by atoms with Gasteiger partial charge in [-0.1, -0.05) is 29.8 Å². The van der Waals surface area contributed by atoms with E-state index in [4.69, 9.17) is 0 Å². The Morgan fingerprint density at radius 1 is 1.44 bits per heavy atom. The summed E-state index contributed by atoms with van der Waals surface area (Å²) in [4.78, 5) is 3.94. The Hall–Kier alpha value is -1.68. The van der Waals surface area contributed by atoms with Gasteiger partial charge >= 0.3 is 0 Å². The van der Waals surface area contributed by atoms with Crippen LogP contribution in [0.2, 0.25) is 0 Å². The quantitative estimate of drug-likeness (QED) is 0.843. The molecule has 0 spiro atoms. The maximum absolute atomic E-state index is 4.12. The molecule has 1 unspecified atom stereocenters. The average Bonchev–Trinajstić information content (AvgIpc) is 2.78. The van der Waals surface area contributed by atoms with Crippen LogP contribution in [0.1, 0.15) is 17.2 Å². The first-order chi connectivity index (χ1) is 7.79. The third kappa shape index (κ3) is 2.46. The molecule has 1 N–H and O–H groups in total. The summed E-state index contributed by atoms with van der Waals surface area (Å²) < 4.78 is 1.84. The van der Waals surface area contributed by atoms with Crippen molar-refractivity contribution < 1.29 is 0 Å². The molecular formula is C12H16N4. The Labute approximate surface area is 95.3 Å². The molecule has 2 aromatic rings. The molecule has 0 aliphatic heterocycles. The normalized spacial score (nSPS) is 12.6. The second kappa shape index (κ2) is 4.90. The van der Waals surface area contributed by atoms with E-state index in [2.05, 4.69) is 46.6 Å². The molecule has 4 nitrogen and oxygen atoms in total. The lowest BCUT2D eigenvalue weighted by Crippen LogP contribution is -2.22. The van der Waals surface area contributed by atoms with E-state index in [9.17, 15) is 0 Å². The topological polar surface area (TPSA) is 42.7 Å². The molecule has 84 valence electrons. The lowest BCUT2D eigenvalue weighted by molar-refractivity contribution is 0.467. The van der Waals surface area contributed by atoms with Crippen LogP contribution in [-0.4, -0.2) is 21.8 Å². The fourth-order valence-corrected chi connectivity index (χ4v) is 1.76. The predicted molar refractivity (Wildman–Crippen MR) is 63.0 cm³/mol. The summed E-state index contributed by atoms with van der Waals surface area (Å²) in [5, 5.41) is 7.41. The van der Waals surface area contributed by atoms with Crippen molar-refractivity contribution in [3.63, 3.8) is 0 Å². The highest BCUT2D eigenvalue weighted by Crippen LogP contribution is 2.15. The van der Waals surface area contributed by atoms with Crippen molar-refractivity contribution in [2.75, 3.05) is 7.05 Å². The number of nitrogens with zero attached hydrogens (tertiary/aromatic N) is 3. The van der Waals surface area contributed by atoms with Gasteiger partial charge in [0.2, 0.25) is 0 Å². The maximum atomic E-state index is 4.12. The SMILES string of the molecule is CNC(Cn1cncn1)c1cccc(C)c1. The van der Waals surface area contributed by atoms with Crippen LogP contribution in [-0.2, 0) is 6.54 Å². The van der Waals surface area contributed by atoms with Crippen molar-refractivity contribution in [3.8, 4) is 0 Å². The summed E-state index contributed by atoms with van der Waals surface area (Å²) in [5.41, 5.74) is 2.55. The first-order valence-corrected chi connectivity index (χ1v) is 5.36. The van der Waals surface area contributed by atoms with Gasteiger partial charge in [-0.2, -0.15) is 5.10 Å². The number of hydrogen-bond donors (Lipinski definition) is 1. The highest BCUT2D eigenvalue weighted by atomic mass is 15.3. The van der Waals surface area contributed by atoms with Crippen LogP contribution in [0, 0.1) is 6.92 Å². The van der Waals surface area contributed by atoms with E-state index in [1.165, 1.54) is 11.1 Å². The van der Waals surface area contributed by atoms with Gasteiger partial charge in [0.05, 0.1) is 12.6 Å². The van der Waals surface area contributed by atoms with Crippen molar-refractivity contribution in [1.82, 2.24) is 20.1 Å². The van der Waals surface area contributed by atoms with Gasteiger partial charge < -0.3 is 5.32 Å². The van der Waals surface area contributed by atoms with E-state index < -0.39 is 0 Å². The van der Waals surface area contributed by atoms with Crippen LogP contribution in [0.4, 0.5) is 0 Å². The minimum absolute atomic E-state index is 0.265. The van der Waals surface area contributed by atoms with E-state index in [0.717, 1.165) is 6.54 Å². The minimum Gasteiger partial charge on any atom is -0.311 e. The number of likely N-dealkylation sites (N-methyl/N-ethyl adjacent to an activating group) is 1. The molecule has 4 heteroatoms. The Morgan fingerprint density at radius 2 is 2.31 bits per heavy atom. The van der Waals surface area contributed by atoms with Crippen LogP contribution < -0.4 is 5.32 Å². The van der Waals surface area contributed by atoms with Crippen molar-refractivity contribution in [3.05, 3.63) is 48.0 Å². The van der Waals surface area contributed by atoms with Gasteiger partial charge in [-0.05, 0) is 19.5 Å². The summed E-state index contributed by atoms with van der Waals surface area (Å²) in [7, 11) is 1.96. The number of aryl methyl sites for hydroxylation is 1. The molecule has 2 rings (SSSR count). The van der Waals surface area contributed by atoms with Crippen molar-refractivity contribution >= 4 is 0 Å². The Kier molecular flexibility index (Phi) is 3.31. The Morgan fingerprint density at radius 3 is 2.94 bits per heavy atom. The molecule has 0 amide bonds. The minimum atomic E-state index is 0.265. The van der Waals surface area contributed by atoms with Crippen LogP contribution >= 0.6 is 0 Å². The monoisotopic (exact) mass is 216 g/mol. The van der Waals surface area contributed by atoms with E-state index in [1.54, 1.807) is 12.7 Å². The average molecular weight is 216 g/mol. The standard InChI is InChI=1S/C12H16N4/c1-10-4-3-5-11(6-10)12(13-2)7-16-9-14-8-15-16/h3-6,8-9,12-13H,7H2,1-2H3. The van der Waals surface area contributed by atoms with Gasteiger partial charge in [0, 0.05) is 0 Å². The Bertz CT molecular complexity index is 436. The van der Waals surface area contributed by atoms with Crippen molar-refractivity contribution in [2.24, 2.45) is 0 Å². The number of rotatable bonds is 4. The molecule has 0 saturated heterocycles. The summed E-state index contributed by atoms with van der Waals surface area (Å²) in [6.45, 7) is 2.89. The zero-order valence-electron chi connectivity index (χ0n) is 9.59. The molecule has 16 heavy (non-hydrogen) atoms. The molecule has 0 aliphatic carbocycles. The summed E-state index contributed by atoms with van der Waals surface area (Å²) >= 11 is 0. The molecule has 1 heterocycles. The fourth-order valence-electron chi connectivity index (χ4n) is 1.76. The first kappa shape index (κ1) is 10.8. The van der Waals surface area contributed by atoms with Gasteiger partial charge in [-0.15, -0.1) is 0 Å². The Balaban J connectivity index is 2.16. The summed E-state index contributed by atoms with van der Waals surface area (Å²) in [6.07, 6.45) is 3.29. The zero-order chi connectivity index (χ0) is 11.4. The molecule has 0 aliphatic rings. The summed E-state index contributed by atoms with van der Waals surface area (Å²) in [6, 6.07) is 8.77. The third-order valence-corrected chi connectivity index (χ3v) is 2.63. The van der Waals surface area contributed by atoms with Gasteiger partial charge in [0.25, 0.3) is 0 Å². The van der Waals surface area contributed by atoms with E-state index in [1.807, 2.05) is 11.7 Å². The lowest BCUT2D eigenvalue weighted by Gasteiger charge is -2.16. The van der Waals surface area contributed by atoms with E-state index >= 15 is 0 Å². The van der Waals surface area contributed by atoms with E-state index in [-0.39, 0.29) is 6.04 Å². The second-order valence-corrected chi connectivity index (χ2v) is 3.87. The van der Waals surface area contributed by atoms with Crippen LogP contribution in [0.3, 0.4) is 0 Å². The molecular weight excluding hydrogens is 200 g/mol. The smallest absolute Gasteiger partial charge is 0.137 e. The molecule has 1 aromatic heterocycles. The lowest BCUT2D eigenvalue weighted by atomic mass is 10.0.